The predicted octanol–water partition coefficient (Wildman–Crippen LogP) is 3.01. The van der Waals surface area contributed by atoms with Crippen molar-refractivity contribution in [1.82, 2.24) is 0 Å². The molecule has 3 heteroatoms. The second kappa shape index (κ2) is 5.71. The Morgan fingerprint density at radius 1 is 0.947 bits per heavy atom. The Bertz CT molecular complexity index is 293. The van der Waals surface area contributed by atoms with Crippen LogP contribution in [0.5, 0.6) is 0 Å². The highest BCUT2D eigenvalue weighted by molar-refractivity contribution is 4.94. The van der Waals surface area contributed by atoms with Crippen molar-refractivity contribution in [3.8, 4) is 0 Å². The molecule has 0 radical (unpaired) electrons. The van der Waals surface area contributed by atoms with Crippen molar-refractivity contribution in [2.45, 2.75) is 75.9 Å². The highest BCUT2D eigenvalue weighted by Crippen LogP contribution is 2.46. The van der Waals surface area contributed by atoms with Gasteiger partial charge in [0.2, 0.25) is 0 Å². The Hall–Kier alpha value is -0.120. The third kappa shape index (κ3) is 2.98. The zero-order chi connectivity index (χ0) is 13.2. The van der Waals surface area contributed by atoms with Gasteiger partial charge in [0.25, 0.3) is 0 Å². The Morgan fingerprint density at radius 3 is 2.37 bits per heavy atom. The number of hydrogen-bond donors (Lipinski definition) is 1. The summed E-state index contributed by atoms with van der Waals surface area (Å²) in [6, 6.07) is 0. The average Bonchev–Trinajstić information content (AvgIpc) is 2.83. The molecule has 3 nitrogen and oxygen atoms in total. The van der Waals surface area contributed by atoms with Gasteiger partial charge in [0, 0.05) is 13.2 Å². The molecule has 1 atom stereocenters. The van der Waals surface area contributed by atoms with E-state index in [2.05, 4.69) is 0 Å². The molecule has 1 saturated carbocycles. The summed E-state index contributed by atoms with van der Waals surface area (Å²) in [5.41, 5.74) is 6.62. The number of ether oxygens (including phenoxy) is 2. The molecule has 0 aromatic rings. The van der Waals surface area contributed by atoms with E-state index < -0.39 is 0 Å². The van der Waals surface area contributed by atoms with Crippen LogP contribution in [0.4, 0.5) is 0 Å². The Morgan fingerprint density at radius 2 is 1.68 bits per heavy atom. The minimum atomic E-state index is 0.254. The third-order valence-corrected chi connectivity index (χ3v) is 5.75. The van der Waals surface area contributed by atoms with Crippen LogP contribution in [0.15, 0.2) is 0 Å². The molecule has 0 amide bonds. The van der Waals surface area contributed by atoms with E-state index in [1.807, 2.05) is 0 Å². The van der Waals surface area contributed by atoms with Crippen molar-refractivity contribution in [3.05, 3.63) is 0 Å². The molecular formula is C16H29NO2. The van der Waals surface area contributed by atoms with Crippen molar-refractivity contribution in [3.63, 3.8) is 0 Å². The van der Waals surface area contributed by atoms with Gasteiger partial charge < -0.3 is 15.2 Å². The number of hydrogen-bond acceptors (Lipinski definition) is 3. The molecule has 1 spiro atoms. The molecule has 2 heterocycles. The summed E-state index contributed by atoms with van der Waals surface area (Å²) >= 11 is 0. The van der Waals surface area contributed by atoms with Gasteiger partial charge in [-0.05, 0) is 56.9 Å². The minimum absolute atomic E-state index is 0.254. The second-order valence-corrected chi connectivity index (χ2v) is 7.04. The van der Waals surface area contributed by atoms with Crippen LogP contribution in [0.2, 0.25) is 0 Å². The van der Waals surface area contributed by atoms with Crippen LogP contribution in [0.3, 0.4) is 0 Å². The van der Waals surface area contributed by atoms with Crippen LogP contribution in [0.25, 0.3) is 0 Å². The van der Waals surface area contributed by atoms with Crippen LogP contribution < -0.4 is 5.73 Å². The van der Waals surface area contributed by atoms with E-state index in [-0.39, 0.29) is 5.60 Å². The zero-order valence-electron chi connectivity index (χ0n) is 12.2. The van der Waals surface area contributed by atoms with E-state index in [0.29, 0.717) is 11.5 Å². The fourth-order valence-corrected chi connectivity index (χ4v) is 4.38. The molecular weight excluding hydrogens is 238 g/mol. The van der Waals surface area contributed by atoms with E-state index in [0.717, 1.165) is 39.0 Å². The monoisotopic (exact) mass is 267 g/mol. The molecule has 1 aliphatic carbocycles. The molecule has 2 saturated heterocycles. The van der Waals surface area contributed by atoms with Gasteiger partial charge >= 0.3 is 0 Å². The van der Waals surface area contributed by atoms with Gasteiger partial charge in [0.1, 0.15) is 0 Å². The lowest BCUT2D eigenvalue weighted by molar-refractivity contribution is -0.0869. The SMILES string of the molecule is NCC1(CC2CCC3(CCCCC3)O2)CCOCC1. The molecule has 0 bridgehead atoms. The largest absolute Gasteiger partial charge is 0.381 e. The summed E-state index contributed by atoms with van der Waals surface area (Å²) in [6.07, 6.45) is 13.1. The molecule has 3 fully saturated rings. The Labute approximate surface area is 117 Å². The van der Waals surface area contributed by atoms with Crippen molar-refractivity contribution >= 4 is 0 Å². The fourth-order valence-electron chi connectivity index (χ4n) is 4.38. The highest BCUT2D eigenvalue weighted by atomic mass is 16.5. The third-order valence-electron chi connectivity index (χ3n) is 5.75. The van der Waals surface area contributed by atoms with Crippen LogP contribution in [0.1, 0.15) is 64.2 Å². The van der Waals surface area contributed by atoms with Crippen LogP contribution in [-0.4, -0.2) is 31.5 Å². The first-order valence-electron chi connectivity index (χ1n) is 8.22. The summed E-state index contributed by atoms with van der Waals surface area (Å²) in [6.45, 7) is 2.56. The molecule has 3 aliphatic rings. The molecule has 0 aromatic carbocycles. The smallest absolute Gasteiger partial charge is 0.0687 e. The molecule has 110 valence electrons. The predicted molar refractivity (Wildman–Crippen MR) is 76.1 cm³/mol. The van der Waals surface area contributed by atoms with Gasteiger partial charge in [0.05, 0.1) is 11.7 Å². The summed E-state index contributed by atoms with van der Waals surface area (Å²) in [5, 5.41) is 0. The first-order chi connectivity index (χ1) is 9.26. The fraction of sp³-hybridized carbons (Fsp3) is 1.00. The molecule has 19 heavy (non-hydrogen) atoms. The zero-order valence-corrected chi connectivity index (χ0v) is 12.2. The first kappa shape index (κ1) is 13.8. The van der Waals surface area contributed by atoms with Crippen molar-refractivity contribution in [1.29, 1.82) is 0 Å². The van der Waals surface area contributed by atoms with Crippen LogP contribution in [0, 0.1) is 5.41 Å². The summed E-state index contributed by atoms with van der Waals surface area (Å²) < 4.78 is 12.0. The molecule has 1 unspecified atom stereocenters. The molecule has 3 rings (SSSR count). The van der Waals surface area contributed by atoms with Crippen LogP contribution >= 0.6 is 0 Å². The first-order valence-corrected chi connectivity index (χ1v) is 8.22. The summed E-state index contributed by atoms with van der Waals surface area (Å²) in [5.74, 6) is 0. The standard InChI is InChI=1S/C16H29NO2/c17-13-15(8-10-18-11-9-15)12-14-4-7-16(19-14)5-2-1-3-6-16/h14H,1-13,17H2. The molecule has 2 N–H and O–H groups in total. The quantitative estimate of drug-likeness (QED) is 0.855. The van der Waals surface area contributed by atoms with E-state index in [9.17, 15) is 0 Å². The number of rotatable bonds is 3. The maximum atomic E-state index is 6.52. The second-order valence-electron chi connectivity index (χ2n) is 7.04. The van der Waals surface area contributed by atoms with Gasteiger partial charge in [-0.1, -0.05) is 19.3 Å². The lowest BCUT2D eigenvalue weighted by Gasteiger charge is -2.39. The molecule has 2 aliphatic heterocycles. The average molecular weight is 267 g/mol. The lowest BCUT2D eigenvalue weighted by Crippen LogP contribution is -2.40. The summed E-state index contributed by atoms with van der Waals surface area (Å²) in [7, 11) is 0. The van der Waals surface area contributed by atoms with E-state index in [1.54, 1.807) is 0 Å². The van der Waals surface area contributed by atoms with Gasteiger partial charge in [-0.3, -0.25) is 0 Å². The van der Waals surface area contributed by atoms with Gasteiger partial charge in [-0.15, -0.1) is 0 Å². The van der Waals surface area contributed by atoms with Crippen LogP contribution in [-0.2, 0) is 9.47 Å². The normalized spacial score (nSPS) is 33.6. The Balaban J connectivity index is 1.58. The molecule has 0 aromatic heterocycles. The van der Waals surface area contributed by atoms with Crippen molar-refractivity contribution in [2.75, 3.05) is 19.8 Å². The topological polar surface area (TPSA) is 44.5 Å². The highest BCUT2D eigenvalue weighted by Gasteiger charge is 2.44. The van der Waals surface area contributed by atoms with Crippen molar-refractivity contribution in [2.24, 2.45) is 11.1 Å². The maximum Gasteiger partial charge on any atom is 0.0687 e. The number of nitrogens with two attached hydrogens (primary N) is 1. The van der Waals surface area contributed by atoms with E-state index >= 15 is 0 Å². The maximum absolute atomic E-state index is 6.52. The van der Waals surface area contributed by atoms with Crippen molar-refractivity contribution < 1.29 is 9.47 Å². The van der Waals surface area contributed by atoms with Gasteiger partial charge in [-0.25, -0.2) is 0 Å². The van der Waals surface area contributed by atoms with Gasteiger partial charge in [-0.2, -0.15) is 0 Å². The Kier molecular flexibility index (Phi) is 4.16. The summed E-state index contributed by atoms with van der Waals surface area (Å²) in [4.78, 5) is 0. The minimum Gasteiger partial charge on any atom is -0.381 e. The van der Waals surface area contributed by atoms with E-state index in [1.165, 1.54) is 44.9 Å². The lowest BCUT2D eigenvalue weighted by atomic mass is 9.75. The van der Waals surface area contributed by atoms with Gasteiger partial charge in [0.15, 0.2) is 0 Å². The van der Waals surface area contributed by atoms with E-state index in [4.69, 9.17) is 15.2 Å².